The predicted octanol–water partition coefficient (Wildman–Crippen LogP) is 2.03. The van der Waals surface area contributed by atoms with Gasteiger partial charge in [-0.25, -0.2) is 9.18 Å². The molecule has 1 unspecified atom stereocenters. The van der Waals surface area contributed by atoms with Gasteiger partial charge in [0.2, 0.25) is 0 Å². The van der Waals surface area contributed by atoms with E-state index in [1.165, 1.54) is 12.7 Å². The quantitative estimate of drug-likeness (QED) is 0.661. The first-order valence-electron chi connectivity index (χ1n) is 9.61. The number of pyridine rings is 1. The second kappa shape index (κ2) is 6.18. The average molecular weight is 396 g/mol. The molecule has 1 fully saturated rings. The summed E-state index contributed by atoms with van der Waals surface area (Å²) in [6, 6.07) is 6.00. The zero-order valence-corrected chi connectivity index (χ0v) is 16.2. The number of ether oxygens (including phenoxy) is 1. The third-order valence-corrected chi connectivity index (χ3v) is 5.97. The maximum Gasteiger partial charge on any atom is 0.354 e. The van der Waals surface area contributed by atoms with Crippen LogP contribution in [0.25, 0.3) is 16.6 Å². The van der Waals surface area contributed by atoms with Crippen molar-refractivity contribution < 1.29 is 9.13 Å². The second-order valence-corrected chi connectivity index (χ2v) is 7.77. The number of benzene rings is 1. The van der Waals surface area contributed by atoms with Crippen LogP contribution < -0.4 is 27.1 Å². The van der Waals surface area contributed by atoms with E-state index in [4.69, 9.17) is 10.6 Å². The van der Waals surface area contributed by atoms with Crippen molar-refractivity contribution in [1.82, 2.24) is 14.4 Å². The highest BCUT2D eigenvalue weighted by molar-refractivity contribution is 5.82. The Bertz CT molecular complexity index is 1290. The molecule has 1 atom stereocenters. The first-order valence-corrected chi connectivity index (χ1v) is 9.61. The molecule has 3 N–H and O–H groups in total. The van der Waals surface area contributed by atoms with Gasteiger partial charge in [0.05, 0.1) is 24.4 Å². The van der Waals surface area contributed by atoms with Gasteiger partial charge in [-0.1, -0.05) is 12.1 Å². The van der Waals surface area contributed by atoms with Crippen LogP contribution >= 0.6 is 0 Å². The van der Waals surface area contributed by atoms with Gasteiger partial charge in [0.15, 0.2) is 11.6 Å². The molecule has 0 radical (unpaired) electrons. The molecule has 7 nitrogen and oxygen atoms in total. The van der Waals surface area contributed by atoms with Crippen LogP contribution in [0, 0.1) is 5.82 Å². The molecule has 29 heavy (non-hydrogen) atoms. The number of hydrogen-bond donors (Lipinski definition) is 2. The van der Waals surface area contributed by atoms with Crippen molar-refractivity contribution in [2.24, 2.45) is 0 Å². The van der Waals surface area contributed by atoms with Crippen molar-refractivity contribution in [3.05, 3.63) is 67.7 Å². The highest BCUT2D eigenvalue weighted by atomic mass is 19.1. The highest BCUT2D eigenvalue weighted by Crippen LogP contribution is 2.45. The van der Waals surface area contributed by atoms with Gasteiger partial charge in [-0.2, -0.15) is 4.68 Å². The van der Waals surface area contributed by atoms with Crippen molar-refractivity contribution in [1.29, 1.82) is 0 Å². The lowest BCUT2D eigenvalue weighted by atomic mass is 9.97. The van der Waals surface area contributed by atoms with Gasteiger partial charge in [-0.15, -0.1) is 0 Å². The van der Waals surface area contributed by atoms with E-state index >= 15 is 4.39 Å². The van der Waals surface area contributed by atoms with Gasteiger partial charge in [-0.3, -0.25) is 9.20 Å². The Morgan fingerprint density at radius 3 is 2.72 bits per heavy atom. The van der Waals surface area contributed by atoms with Crippen LogP contribution in [0.5, 0.6) is 5.75 Å². The van der Waals surface area contributed by atoms with Gasteiger partial charge in [-0.05, 0) is 48.4 Å². The van der Waals surface area contributed by atoms with Gasteiger partial charge in [0, 0.05) is 12.6 Å². The standard InChI is InChI=1S/C21H21FN4O3/c1-10-14-6-5-12(7-13(14)8-24-10)16-15(22)9-25-18(19(16)29-2)17(11-3-4-11)20(27)26(23)21(25)28/h5-7,9-11,24H,3-4,8,23H2,1-2H3. The minimum atomic E-state index is -0.801. The van der Waals surface area contributed by atoms with Crippen molar-refractivity contribution in [3.8, 4) is 16.9 Å². The van der Waals surface area contributed by atoms with Crippen LogP contribution in [0.1, 0.15) is 48.4 Å². The molecular weight excluding hydrogens is 375 g/mol. The van der Waals surface area contributed by atoms with E-state index in [0.29, 0.717) is 27.9 Å². The number of nitrogens with zero attached hydrogens (tertiary/aromatic N) is 2. The predicted molar refractivity (Wildman–Crippen MR) is 107 cm³/mol. The molecule has 0 saturated heterocycles. The molecule has 2 aliphatic rings. The van der Waals surface area contributed by atoms with Crippen LogP contribution in [0.4, 0.5) is 4.39 Å². The average Bonchev–Trinajstić information content (AvgIpc) is 3.48. The molecule has 0 amide bonds. The molecule has 8 heteroatoms. The fourth-order valence-electron chi connectivity index (χ4n) is 4.33. The summed E-state index contributed by atoms with van der Waals surface area (Å²) in [5, 5.41) is 3.36. The molecule has 3 aromatic rings. The molecule has 1 aliphatic heterocycles. The monoisotopic (exact) mass is 396 g/mol. The van der Waals surface area contributed by atoms with Crippen LogP contribution in [0.15, 0.2) is 34.0 Å². The van der Waals surface area contributed by atoms with E-state index in [1.807, 2.05) is 18.2 Å². The van der Waals surface area contributed by atoms with Crippen molar-refractivity contribution in [3.63, 3.8) is 0 Å². The molecule has 0 spiro atoms. The van der Waals surface area contributed by atoms with Crippen LogP contribution in [-0.2, 0) is 6.54 Å². The molecule has 1 aliphatic carbocycles. The molecular formula is C21H21FN4O3. The Balaban J connectivity index is 1.87. The summed E-state index contributed by atoms with van der Waals surface area (Å²) >= 11 is 0. The number of nitrogens with one attached hydrogen (secondary N) is 1. The summed E-state index contributed by atoms with van der Waals surface area (Å²) < 4.78 is 22.5. The van der Waals surface area contributed by atoms with Crippen LogP contribution in [0.3, 0.4) is 0 Å². The molecule has 1 aromatic carbocycles. The largest absolute Gasteiger partial charge is 0.494 e. The zero-order valence-electron chi connectivity index (χ0n) is 16.2. The number of methoxy groups -OCH3 is 1. The molecule has 3 heterocycles. The normalized spacial score (nSPS) is 18.2. The summed E-state index contributed by atoms with van der Waals surface area (Å²) in [4.78, 5) is 25.3. The number of nitrogen functional groups attached to an aromatic ring is 1. The van der Waals surface area contributed by atoms with Crippen molar-refractivity contribution >= 4 is 5.52 Å². The lowest BCUT2D eigenvalue weighted by molar-refractivity contribution is 0.414. The summed E-state index contributed by atoms with van der Waals surface area (Å²) in [6.45, 7) is 2.78. The lowest BCUT2D eigenvalue weighted by Crippen LogP contribution is -2.44. The Morgan fingerprint density at radius 2 is 2.03 bits per heavy atom. The van der Waals surface area contributed by atoms with Gasteiger partial charge >= 0.3 is 5.69 Å². The Morgan fingerprint density at radius 1 is 1.28 bits per heavy atom. The van der Waals surface area contributed by atoms with Gasteiger partial charge < -0.3 is 15.9 Å². The Labute approximate surface area is 165 Å². The number of halogens is 1. The van der Waals surface area contributed by atoms with E-state index in [1.54, 1.807) is 0 Å². The summed E-state index contributed by atoms with van der Waals surface area (Å²) in [7, 11) is 1.42. The van der Waals surface area contributed by atoms with E-state index < -0.39 is 17.1 Å². The maximum atomic E-state index is 15.3. The van der Waals surface area contributed by atoms with Crippen molar-refractivity contribution in [2.45, 2.75) is 38.3 Å². The van der Waals surface area contributed by atoms with Crippen LogP contribution in [0.2, 0.25) is 0 Å². The first kappa shape index (κ1) is 17.9. The van der Waals surface area contributed by atoms with E-state index in [-0.39, 0.29) is 23.3 Å². The van der Waals surface area contributed by atoms with E-state index in [2.05, 4.69) is 12.2 Å². The number of aromatic nitrogens is 2. The third kappa shape index (κ3) is 2.52. The Hall–Kier alpha value is -3.13. The zero-order chi connectivity index (χ0) is 20.4. The Kier molecular flexibility index (Phi) is 3.82. The number of fused-ring (bicyclic) bond motifs is 2. The highest BCUT2D eigenvalue weighted by Gasteiger charge is 2.33. The molecule has 2 aromatic heterocycles. The van der Waals surface area contributed by atoms with Gasteiger partial charge in [0.1, 0.15) is 5.52 Å². The minimum Gasteiger partial charge on any atom is -0.494 e. The molecule has 150 valence electrons. The second-order valence-electron chi connectivity index (χ2n) is 7.77. The molecule has 0 bridgehead atoms. The number of hydrogen-bond acceptors (Lipinski definition) is 5. The third-order valence-electron chi connectivity index (χ3n) is 5.97. The summed E-state index contributed by atoms with van der Waals surface area (Å²) in [6.07, 6.45) is 2.74. The number of nitrogens with two attached hydrogens (primary N) is 1. The lowest BCUT2D eigenvalue weighted by Gasteiger charge is -2.17. The number of rotatable bonds is 3. The fraction of sp³-hybridized carbons (Fsp3) is 0.333. The summed E-state index contributed by atoms with van der Waals surface area (Å²) in [5.41, 5.74) is 2.50. The molecule has 1 saturated carbocycles. The smallest absolute Gasteiger partial charge is 0.354 e. The maximum absolute atomic E-state index is 15.3. The fourth-order valence-corrected chi connectivity index (χ4v) is 4.33. The van der Waals surface area contributed by atoms with E-state index in [0.717, 1.165) is 29.0 Å². The minimum absolute atomic E-state index is 0.00909. The topological polar surface area (TPSA) is 90.8 Å². The molecule has 5 rings (SSSR count). The summed E-state index contributed by atoms with van der Waals surface area (Å²) in [5.74, 6) is 5.24. The SMILES string of the molecule is COc1c(-c2ccc3c(c2)CNC3C)c(F)cn2c(=O)n(N)c(=O)c(C3CC3)c12. The van der Waals surface area contributed by atoms with Crippen LogP contribution in [-0.4, -0.2) is 16.2 Å². The van der Waals surface area contributed by atoms with E-state index in [9.17, 15) is 9.59 Å². The van der Waals surface area contributed by atoms with Gasteiger partial charge in [0.25, 0.3) is 5.56 Å². The van der Waals surface area contributed by atoms with Crippen molar-refractivity contribution in [2.75, 3.05) is 13.0 Å². The first-order chi connectivity index (χ1) is 13.9.